The number of esters is 1. The van der Waals surface area contributed by atoms with Crippen molar-refractivity contribution in [2.24, 2.45) is 0 Å². The third-order valence-corrected chi connectivity index (χ3v) is 4.40. The van der Waals surface area contributed by atoms with E-state index < -0.39 is 24.1 Å². The molecule has 1 aromatic heterocycles. The quantitative estimate of drug-likeness (QED) is 0.647. The zero-order valence-corrected chi connectivity index (χ0v) is 16.3. The van der Waals surface area contributed by atoms with Crippen molar-refractivity contribution in [3.63, 3.8) is 0 Å². The molecule has 3 N–H and O–H groups in total. The Morgan fingerprint density at radius 3 is 2.33 bits per heavy atom. The van der Waals surface area contributed by atoms with Crippen molar-refractivity contribution >= 4 is 11.9 Å². The molecule has 0 fully saturated rings. The predicted molar refractivity (Wildman–Crippen MR) is 101 cm³/mol. The number of benzene rings is 1. The molecule has 0 radical (unpaired) electrons. The third kappa shape index (κ3) is 4.89. The van der Waals surface area contributed by atoms with E-state index in [0.29, 0.717) is 23.4 Å². The highest BCUT2D eigenvalue weighted by atomic mass is 16.5. The number of rotatable bonds is 7. The maximum Gasteiger partial charge on any atom is 0.355 e. The van der Waals surface area contributed by atoms with E-state index >= 15 is 0 Å². The van der Waals surface area contributed by atoms with Crippen molar-refractivity contribution in [3.05, 3.63) is 52.3 Å². The Kier molecular flexibility index (Phi) is 6.63. The zero-order valence-electron chi connectivity index (χ0n) is 16.3. The van der Waals surface area contributed by atoms with Gasteiger partial charge in [0.15, 0.2) is 6.10 Å². The molecule has 2 rings (SSSR count). The molecule has 0 aliphatic rings. The number of nitrogens with one attached hydrogen (secondary N) is 2. The van der Waals surface area contributed by atoms with Gasteiger partial charge >= 0.3 is 5.97 Å². The van der Waals surface area contributed by atoms with Crippen LogP contribution in [-0.4, -0.2) is 35.2 Å². The van der Waals surface area contributed by atoms with Crippen LogP contribution in [0.4, 0.5) is 0 Å². The van der Waals surface area contributed by atoms with Crippen LogP contribution < -0.4 is 10.1 Å². The number of hydrogen-bond acceptors (Lipinski definition) is 5. The standard InChI is InChI=1S/C20H26N2O5/c1-11-17(13(3)23)12(2)22-18(11)20(25)27-14(4)19(24)21-10-15-6-8-16(26-5)9-7-15/h6-9,13-14,22-23H,10H2,1-5H3,(H,21,24)/t13-,14+/m0/s1. The molecule has 2 aromatic rings. The number of H-pyrrole nitrogens is 1. The van der Waals surface area contributed by atoms with Crippen LogP contribution in [-0.2, 0) is 16.1 Å². The van der Waals surface area contributed by atoms with Gasteiger partial charge in [0.1, 0.15) is 11.4 Å². The highest BCUT2D eigenvalue weighted by Crippen LogP contribution is 2.25. The first kappa shape index (κ1) is 20.5. The normalized spacial score (nSPS) is 13.0. The maximum atomic E-state index is 12.4. The van der Waals surface area contributed by atoms with Gasteiger partial charge in [0, 0.05) is 17.8 Å². The van der Waals surface area contributed by atoms with Crippen molar-refractivity contribution in [1.82, 2.24) is 10.3 Å². The number of aromatic amines is 1. The summed E-state index contributed by atoms with van der Waals surface area (Å²) in [6, 6.07) is 7.30. The van der Waals surface area contributed by atoms with Crippen LogP contribution in [0, 0.1) is 13.8 Å². The highest BCUT2D eigenvalue weighted by molar-refractivity contribution is 5.92. The number of aliphatic hydroxyl groups is 1. The Hall–Kier alpha value is -2.80. The fraction of sp³-hybridized carbons (Fsp3) is 0.400. The third-order valence-electron chi connectivity index (χ3n) is 4.40. The lowest BCUT2D eigenvalue weighted by atomic mass is 10.1. The van der Waals surface area contributed by atoms with Crippen LogP contribution in [0.1, 0.15) is 52.8 Å². The summed E-state index contributed by atoms with van der Waals surface area (Å²) < 4.78 is 10.4. The lowest BCUT2D eigenvalue weighted by molar-refractivity contribution is -0.129. The summed E-state index contributed by atoms with van der Waals surface area (Å²) in [6.07, 6.45) is -1.65. The van der Waals surface area contributed by atoms with Gasteiger partial charge in [-0.05, 0) is 51.0 Å². The van der Waals surface area contributed by atoms with Gasteiger partial charge in [0.2, 0.25) is 0 Å². The molecule has 7 nitrogen and oxygen atoms in total. The highest BCUT2D eigenvalue weighted by Gasteiger charge is 2.24. The van der Waals surface area contributed by atoms with E-state index in [4.69, 9.17) is 9.47 Å². The maximum absolute atomic E-state index is 12.4. The van der Waals surface area contributed by atoms with Crippen LogP contribution >= 0.6 is 0 Å². The molecule has 1 amide bonds. The summed E-state index contributed by atoms with van der Waals surface area (Å²) in [5.74, 6) is -0.286. The topological polar surface area (TPSA) is 101 Å². The van der Waals surface area contributed by atoms with E-state index in [9.17, 15) is 14.7 Å². The molecule has 2 atom stereocenters. The van der Waals surface area contributed by atoms with E-state index in [2.05, 4.69) is 10.3 Å². The van der Waals surface area contributed by atoms with Crippen molar-refractivity contribution < 1.29 is 24.2 Å². The SMILES string of the molecule is COc1ccc(CNC(=O)[C@@H](C)OC(=O)c2[nH]c(C)c([C@H](C)O)c2C)cc1. The Labute approximate surface area is 158 Å². The summed E-state index contributed by atoms with van der Waals surface area (Å²) in [5.41, 5.74) is 3.14. The average molecular weight is 374 g/mol. The Balaban J connectivity index is 1.95. The van der Waals surface area contributed by atoms with E-state index in [1.807, 2.05) is 12.1 Å². The summed E-state index contributed by atoms with van der Waals surface area (Å²) in [4.78, 5) is 27.5. The molecule has 0 aliphatic carbocycles. The number of aliphatic hydroxyl groups excluding tert-OH is 1. The number of ether oxygens (including phenoxy) is 2. The van der Waals surface area contributed by atoms with Crippen molar-refractivity contribution in [3.8, 4) is 5.75 Å². The Morgan fingerprint density at radius 2 is 1.81 bits per heavy atom. The molecular formula is C20H26N2O5. The van der Waals surface area contributed by atoms with E-state index in [0.717, 1.165) is 11.3 Å². The molecule has 0 saturated carbocycles. The number of aryl methyl sites for hydroxylation is 1. The number of aromatic nitrogens is 1. The summed E-state index contributed by atoms with van der Waals surface area (Å²) >= 11 is 0. The first-order chi connectivity index (χ1) is 12.7. The first-order valence-corrected chi connectivity index (χ1v) is 8.73. The lowest BCUT2D eigenvalue weighted by Gasteiger charge is -2.14. The van der Waals surface area contributed by atoms with Crippen molar-refractivity contribution in [2.45, 2.75) is 46.4 Å². The lowest BCUT2D eigenvalue weighted by Crippen LogP contribution is -2.35. The number of carbonyl (C=O) groups is 2. The molecule has 0 bridgehead atoms. The van der Waals surface area contributed by atoms with Gasteiger partial charge in [0.05, 0.1) is 13.2 Å². The smallest absolute Gasteiger partial charge is 0.355 e. The van der Waals surface area contributed by atoms with Crippen LogP contribution in [0.2, 0.25) is 0 Å². The van der Waals surface area contributed by atoms with Gasteiger partial charge < -0.3 is 24.9 Å². The molecule has 1 heterocycles. The Morgan fingerprint density at radius 1 is 1.19 bits per heavy atom. The van der Waals surface area contributed by atoms with E-state index in [1.54, 1.807) is 40.0 Å². The molecule has 0 spiro atoms. The van der Waals surface area contributed by atoms with Gasteiger partial charge in [-0.25, -0.2) is 4.79 Å². The molecule has 7 heteroatoms. The van der Waals surface area contributed by atoms with E-state index in [-0.39, 0.29) is 5.69 Å². The largest absolute Gasteiger partial charge is 0.497 e. The summed E-state index contributed by atoms with van der Waals surface area (Å²) in [5, 5.41) is 12.6. The monoisotopic (exact) mass is 374 g/mol. The number of amides is 1. The minimum atomic E-state index is -0.950. The second-order valence-corrected chi connectivity index (χ2v) is 6.45. The summed E-state index contributed by atoms with van der Waals surface area (Å²) in [6.45, 7) is 6.97. The predicted octanol–water partition coefficient (Wildman–Crippen LogP) is 2.56. The van der Waals surface area contributed by atoms with Gasteiger partial charge in [-0.1, -0.05) is 12.1 Å². The number of hydrogen-bond donors (Lipinski definition) is 3. The minimum Gasteiger partial charge on any atom is -0.497 e. The minimum absolute atomic E-state index is 0.248. The van der Waals surface area contributed by atoms with Crippen LogP contribution in [0.15, 0.2) is 24.3 Å². The van der Waals surface area contributed by atoms with Crippen molar-refractivity contribution in [2.75, 3.05) is 7.11 Å². The van der Waals surface area contributed by atoms with Gasteiger partial charge in [-0.2, -0.15) is 0 Å². The molecular weight excluding hydrogens is 348 g/mol. The van der Waals surface area contributed by atoms with Gasteiger partial charge in [0.25, 0.3) is 5.91 Å². The zero-order chi connectivity index (χ0) is 20.1. The number of methoxy groups -OCH3 is 1. The summed E-state index contributed by atoms with van der Waals surface area (Å²) in [7, 11) is 1.59. The fourth-order valence-electron chi connectivity index (χ4n) is 2.94. The van der Waals surface area contributed by atoms with Crippen molar-refractivity contribution in [1.29, 1.82) is 0 Å². The first-order valence-electron chi connectivity index (χ1n) is 8.73. The van der Waals surface area contributed by atoms with Crippen LogP contribution in [0.25, 0.3) is 0 Å². The van der Waals surface area contributed by atoms with Crippen LogP contribution in [0.5, 0.6) is 5.75 Å². The number of carbonyl (C=O) groups excluding carboxylic acids is 2. The second-order valence-electron chi connectivity index (χ2n) is 6.45. The average Bonchev–Trinajstić information content (AvgIpc) is 2.94. The van der Waals surface area contributed by atoms with Crippen LogP contribution in [0.3, 0.4) is 0 Å². The molecule has 0 unspecified atom stereocenters. The Bertz CT molecular complexity index is 809. The molecule has 1 aromatic carbocycles. The molecule has 27 heavy (non-hydrogen) atoms. The molecule has 0 aliphatic heterocycles. The second kappa shape index (κ2) is 8.73. The van der Waals surface area contributed by atoms with E-state index in [1.165, 1.54) is 6.92 Å². The molecule has 0 saturated heterocycles. The van der Waals surface area contributed by atoms with Gasteiger partial charge in [-0.3, -0.25) is 4.79 Å². The fourth-order valence-corrected chi connectivity index (χ4v) is 2.94. The molecule has 146 valence electrons. The van der Waals surface area contributed by atoms with Gasteiger partial charge in [-0.15, -0.1) is 0 Å².